The maximum atomic E-state index is 12.8. The molecule has 0 atom stereocenters. The van der Waals surface area contributed by atoms with E-state index >= 15 is 0 Å². The third-order valence-corrected chi connectivity index (χ3v) is 6.54. The molecule has 0 spiro atoms. The second kappa shape index (κ2) is 10.4. The third kappa shape index (κ3) is 5.08. The fourth-order valence-corrected chi connectivity index (χ4v) is 4.49. The number of aromatic nitrogens is 1. The predicted octanol–water partition coefficient (Wildman–Crippen LogP) is 3.43. The highest BCUT2D eigenvalue weighted by molar-refractivity contribution is 5.97. The first-order chi connectivity index (χ1) is 17.5. The van der Waals surface area contributed by atoms with E-state index in [-0.39, 0.29) is 11.9 Å². The van der Waals surface area contributed by atoms with Crippen molar-refractivity contribution in [3.05, 3.63) is 47.9 Å². The van der Waals surface area contributed by atoms with Crippen LogP contribution >= 0.6 is 0 Å². The standard InChI is InChI=1S/C26H31N5O5/c1-3-30(4-2)25(32)18-5-7-21-20(15-18)28-24(36-21)17-29-9-11-31(12-10-29)26(33)27-19-6-8-22-23(16-19)35-14-13-34-22/h5-8,15-16H,3-4,9-14,17H2,1-2H3,(H,27,33). The number of amides is 3. The van der Waals surface area contributed by atoms with Crippen molar-refractivity contribution in [3.8, 4) is 11.5 Å². The minimum Gasteiger partial charge on any atom is -0.486 e. The summed E-state index contributed by atoms with van der Waals surface area (Å²) in [4.78, 5) is 35.8. The van der Waals surface area contributed by atoms with Gasteiger partial charge < -0.3 is 29.0 Å². The van der Waals surface area contributed by atoms with Crippen molar-refractivity contribution in [2.75, 3.05) is 57.8 Å². The summed E-state index contributed by atoms with van der Waals surface area (Å²) in [5, 5.41) is 2.95. The molecule has 3 heterocycles. The van der Waals surface area contributed by atoms with E-state index in [2.05, 4.69) is 15.2 Å². The van der Waals surface area contributed by atoms with Crippen LogP contribution < -0.4 is 14.8 Å². The maximum Gasteiger partial charge on any atom is 0.321 e. The summed E-state index contributed by atoms with van der Waals surface area (Å²) in [6, 6.07) is 10.7. The molecule has 3 amide bonds. The van der Waals surface area contributed by atoms with E-state index in [1.165, 1.54) is 0 Å². The lowest BCUT2D eigenvalue weighted by Gasteiger charge is -2.34. The van der Waals surface area contributed by atoms with Crippen molar-refractivity contribution in [1.29, 1.82) is 0 Å². The molecular weight excluding hydrogens is 462 g/mol. The number of oxazole rings is 1. The molecule has 0 saturated carbocycles. The molecule has 5 rings (SSSR count). The number of hydrogen-bond donors (Lipinski definition) is 1. The smallest absolute Gasteiger partial charge is 0.321 e. The largest absolute Gasteiger partial charge is 0.486 e. The molecule has 3 aromatic rings. The fourth-order valence-electron chi connectivity index (χ4n) is 4.49. The first-order valence-electron chi connectivity index (χ1n) is 12.4. The monoisotopic (exact) mass is 493 g/mol. The molecule has 0 aliphatic carbocycles. The van der Waals surface area contributed by atoms with Gasteiger partial charge >= 0.3 is 6.03 Å². The first kappa shape index (κ1) is 23.9. The van der Waals surface area contributed by atoms with Crippen molar-refractivity contribution in [2.45, 2.75) is 20.4 Å². The molecule has 2 aromatic carbocycles. The number of rotatable bonds is 6. The number of anilines is 1. The Bertz CT molecular complexity index is 1250. The van der Waals surface area contributed by atoms with E-state index in [1.54, 1.807) is 28.0 Å². The van der Waals surface area contributed by atoms with Crippen molar-refractivity contribution in [1.82, 2.24) is 19.7 Å². The molecule has 2 aliphatic heterocycles. The summed E-state index contributed by atoms with van der Waals surface area (Å²) in [6.07, 6.45) is 0. The number of urea groups is 1. The highest BCUT2D eigenvalue weighted by Gasteiger charge is 2.23. The van der Waals surface area contributed by atoms with Crippen molar-refractivity contribution < 1.29 is 23.5 Å². The van der Waals surface area contributed by atoms with Gasteiger partial charge in [0.15, 0.2) is 17.1 Å². The summed E-state index contributed by atoms with van der Waals surface area (Å²) in [5.41, 5.74) is 2.64. The average Bonchev–Trinajstić information content (AvgIpc) is 3.31. The number of benzene rings is 2. The molecule has 0 radical (unpaired) electrons. The van der Waals surface area contributed by atoms with Gasteiger partial charge in [-0.05, 0) is 44.2 Å². The van der Waals surface area contributed by atoms with Crippen LogP contribution in [-0.2, 0) is 6.54 Å². The number of carbonyl (C=O) groups is 2. The maximum absolute atomic E-state index is 12.8. The van der Waals surface area contributed by atoms with Crippen LogP contribution in [0, 0.1) is 0 Å². The summed E-state index contributed by atoms with van der Waals surface area (Å²) >= 11 is 0. The van der Waals surface area contributed by atoms with E-state index in [0.717, 1.165) is 0 Å². The summed E-state index contributed by atoms with van der Waals surface area (Å²) < 4.78 is 17.0. The summed E-state index contributed by atoms with van der Waals surface area (Å²) in [6.45, 7) is 9.45. The number of nitrogens with one attached hydrogen (secondary N) is 1. The molecule has 0 bridgehead atoms. The van der Waals surface area contributed by atoms with E-state index < -0.39 is 0 Å². The molecule has 1 N–H and O–H groups in total. The SMILES string of the molecule is CCN(CC)C(=O)c1ccc2oc(CN3CCN(C(=O)Nc4ccc5c(c4)OCCO5)CC3)nc2c1. The molecular formula is C26H31N5O5. The molecule has 2 aliphatic rings. The predicted molar refractivity (Wildman–Crippen MR) is 135 cm³/mol. The quantitative estimate of drug-likeness (QED) is 0.562. The van der Waals surface area contributed by atoms with Gasteiger partial charge in [-0.3, -0.25) is 9.69 Å². The number of carbonyl (C=O) groups excluding carboxylic acids is 2. The van der Waals surface area contributed by atoms with Crippen molar-refractivity contribution in [2.24, 2.45) is 0 Å². The zero-order valence-electron chi connectivity index (χ0n) is 20.7. The van der Waals surface area contributed by atoms with Crippen molar-refractivity contribution >= 4 is 28.7 Å². The minimum atomic E-state index is -0.140. The van der Waals surface area contributed by atoms with E-state index in [4.69, 9.17) is 13.9 Å². The van der Waals surface area contributed by atoms with Crippen LogP contribution in [0.2, 0.25) is 0 Å². The van der Waals surface area contributed by atoms with Crippen molar-refractivity contribution in [3.63, 3.8) is 0 Å². The van der Waals surface area contributed by atoms with E-state index in [1.807, 2.05) is 32.0 Å². The van der Waals surface area contributed by atoms with Gasteiger partial charge in [0.1, 0.15) is 18.7 Å². The lowest BCUT2D eigenvalue weighted by atomic mass is 10.2. The number of piperazine rings is 1. The van der Waals surface area contributed by atoms with Crippen LogP contribution in [0.15, 0.2) is 40.8 Å². The highest BCUT2D eigenvalue weighted by Crippen LogP contribution is 2.32. The molecule has 1 fully saturated rings. The third-order valence-electron chi connectivity index (χ3n) is 6.54. The average molecular weight is 494 g/mol. The van der Waals surface area contributed by atoms with Crippen LogP contribution in [0.5, 0.6) is 11.5 Å². The lowest BCUT2D eigenvalue weighted by molar-refractivity contribution is 0.0773. The number of fused-ring (bicyclic) bond motifs is 2. The molecule has 36 heavy (non-hydrogen) atoms. The fraction of sp³-hybridized carbons (Fsp3) is 0.423. The highest BCUT2D eigenvalue weighted by atomic mass is 16.6. The Morgan fingerprint density at radius 2 is 1.72 bits per heavy atom. The molecule has 1 saturated heterocycles. The van der Waals surface area contributed by atoms with Crippen LogP contribution in [0.25, 0.3) is 11.1 Å². The molecule has 1 aromatic heterocycles. The minimum absolute atomic E-state index is 0.00269. The van der Waals surface area contributed by atoms with Gasteiger partial charge in [0, 0.05) is 56.6 Å². The number of nitrogens with zero attached hydrogens (tertiary/aromatic N) is 4. The Balaban J connectivity index is 1.15. The zero-order valence-corrected chi connectivity index (χ0v) is 20.7. The van der Waals surface area contributed by atoms with Gasteiger partial charge in [-0.25, -0.2) is 9.78 Å². The van der Waals surface area contributed by atoms with Gasteiger partial charge in [0.2, 0.25) is 5.89 Å². The second-order valence-corrected chi connectivity index (χ2v) is 8.82. The van der Waals surface area contributed by atoms with Crippen LogP contribution in [0.4, 0.5) is 10.5 Å². The Morgan fingerprint density at radius 3 is 2.47 bits per heavy atom. The second-order valence-electron chi connectivity index (χ2n) is 8.82. The molecule has 190 valence electrons. The zero-order chi connectivity index (χ0) is 25.1. The lowest BCUT2D eigenvalue weighted by Crippen LogP contribution is -2.49. The first-order valence-corrected chi connectivity index (χ1v) is 12.4. The van der Waals surface area contributed by atoms with E-state index in [0.29, 0.717) is 98.8 Å². The van der Waals surface area contributed by atoms with Crippen LogP contribution in [-0.4, -0.2) is 84.1 Å². The normalized spacial score (nSPS) is 15.7. The Morgan fingerprint density at radius 1 is 0.972 bits per heavy atom. The van der Waals surface area contributed by atoms with E-state index in [9.17, 15) is 9.59 Å². The van der Waals surface area contributed by atoms with Crippen LogP contribution in [0.1, 0.15) is 30.1 Å². The molecule has 10 heteroatoms. The van der Waals surface area contributed by atoms with Gasteiger partial charge in [-0.2, -0.15) is 0 Å². The number of hydrogen-bond acceptors (Lipinski definition) is 7. The Labute approximate surface area is 209 Å². The van der Waals surface area contributed by atoms with Crippen LogP contribution in [0.3, 0.4) is 0 Å². The van der Waals surface area contributed by atoms with Gasteiger partial charge in [0.05, 0.1) is 6.54 Å². The molecule has 10 nitrogen and oxygen atoms in total. The topological polar surface area (TPSA) is 100 Å². The van der Waals surface area contributed by atoms with Gasteiger partial charge in [-0.15, -0.1) is 0 Å². The van der Waals surface area contributed by atoms with Gasteiger partial charge in [0.25, 0.3) is 5.91 Å². The Kier molecular flexibility index (Phi) is 6.95. The Hall–Kier alpha value is -3.79. The number of ether oxygens (including phenoxy) is 2. The summed E-state index contributed by atoms with van der Waals surface area (Å²) in [5.74, 6) is 1.94. The molecule has 0 unspecified atom stereocenters. The summed E-state index contributed by atoms with van der Waals surface area (Å²) in [7, 11) is 0. The van der Waals surface area contributed by atoms with Gasteiger partial charge in [-0.1, -0.05) is 0 Å².